The molecule has 0 spiro atoms. The van der Waals surface area contributed by atoms with Gasteiger partial charge in [0.25, 0.3) is 0 Å². The Bertz CT molecular complexity index is 370. The smallest absolute Gasteiger partial charge is 0.129 e. The molecule has 7 heteroatoms. The fraction of sp³-hybridized carbons (Fsp3) is 0.500. The van der Waals surface area contributed by atoms with E-state index in [0.717, 1.165) is 26.2 Å². The second kappa shape index (κ2) is 9.08. The lowest BCUT2D eigenvalue weighted by molar-refractivity contribution is 0.144. The predicted molar refractivity (Wildman–Crippen MR) is 81.8 cm³/mol. The van der Waals surface area contributed by atoms with Gasteiger partial charge in [0.1, 0.15) is 12.5 Å². The van der Waals surface area contributed by atoms with Crippen molar-refractivity contribution >= 4 is 40.7 Å². The van der Waals surface area contributed by atoms with Gasteiger partial charge in [-0.2, -0.15) is 0 Å². The summed E-state index contributed by atoms with van der Waals surface area (Å²) in [4.78, 5) is 1.99. The highest BCUT2D eigenvalue weighted by Gasteiger charge is 2.26. The summed E-state index contributed by atoms with van der Waals surface area (Å²) in [6, 6.07) is 4.26. The van der Waals surface area contributed by atoms with Crippen LogP contribution in [-0.2, 0) is 0 Å². The van der Waals surface area contributed by atoms with E-state index in [1.165, 1.54) is 6.07 Å². The third-order valence-corrected chi connectivity index (χ3v) is 3.76. The molecule has 0 aliphatic carbocycles. The molecule has 19 heavy (non-hydrogen) atoms. The molecule has 1 saturated heterocycles. The molecule has 0 bridgehead atoms. The molecule has 1 heterocycles. The average molecular weight is 378 g/mol. The second-order valence-corrected chi connectivity index (χ2v) is 4.95. The van der Waals surface area contributed by atoms with Crippen LogP contribution in [-0.4, -0.2) is 37.8 Å². The zero-order valence-corrected chi connectivity index (χ0v) is 13.5. The van der Waals surface area contributed by atoms with Gasteiger partial charge < -0.3 is 5.32 Å². The molecule has 2 nitrogen and oxygen atoms in total. The maximum absolute atomic E-state index is 13.8. The number of nitrogens with zero attached hydrogens (tertiary/aromatic N) is 1. The Morgan fingerprint density at radius 1 is 1.26 bits per heavy atom. The maximum Gasteiger partial charge on any atom is 0.129 e. The van der Waals surface area contributed by atoms with E-state index in [1.807, 2.05) is 4.90 Å². The van der Waals surface area contributed by atoms with E-state index in [1.54, 1.807) is 12.1 Å². The van der Waals surface area contributed by atoms with Crippen molar-refractivity contribution in [1.29, 1.82) is 0 Å². The fourth-order valence-corrected chi connectivity index (χ4v) is 2.79. The Labute approximate surface area is 132 Å². The van der Waals surface area contributed by atoms with Crippen LogP contribution in [0.25, 0.3) is 0 Å². The normalized spacial score (nSPS) is 17.2. The van der Waals surface area contributed by atoms with Crippen molar-refractivity contribution < 1.29 is 8.78 Å². The molecular weight excluding hydrogens is 361 g/mol. The summed E-state index contributed by atoms with van der Waals surface area (Å²) in [5.41, 5.74) is 0.428. The van der Waals surface area contributed by atoms with E-state index in [4.69, 9.17) is 0 Å². The third-order valence-electron chi connectivity index (χ3n) is 3.07. The summed E-state index contributed by atoms with van der Waals surface area (Å²) in [6.07, 6.45) is 0. The minimum atomic E-state index is -0.570. The van der Waals surface area contributed by atoms with Gasteiger partial charge in [-0.1, -0.05) is 22.0 Å². The second-order valence-electron chi connectivity index (χ2n) is 4.09. The van der Waals surface area contributed by atoms with Gasteiger partial charge in [0, 0.05) is 36.2 Å². The molecule has 0 saturated carbocycles. The Morgan fingerprint density at radius 2 is 1.89 bits per heavy atom. The lowest BCUT2D eigenvalue weighted by Crippen LogP contribution is -2.46. The summed E-state index contributed by atoms with van der Waals surface area (Å²) in [5.74, 6) is -0.347. The van der Waals surface area contributed by atoms with Crippen LogP contribution in [0, 0.1) is 5.82 Å². The van der Waals surface area contributed by atoms with Crippen molar-refractivity contribution in [3.8, 4) is 0 Å². The van der Waals surface area contributed by atoms with E-state index in [2.05, 4.69) is 21.2 Å². The van der Waals surface area contributed by atoms with Crippen molar-refractivity contribution in [2.75, 3.05) is 32.9 Å². The van der Waals surface area contributed by atoms with Gasteiger partial charge >= 0.3 is 0 Å². The summed E-state index contributed by atoms with van der Waals surface area (Å²) in [5, 5.41) is 3.20. The number of piperazine rings is 1. The van der Waals surface area contributed by atoms with Gasteiger partial charge in [-0.3, -0.25) is 4.90 Å². The molecule has 1 fully saturated rings. The number of alkyl halides is 1. The lowest BCUT2D eigenvalue weighted by atomic mass is 10.0. The van der Waals surface area contributed by atoms with Crippen LogP contribution in [0.5, 0.6) is 0 Å². The Balaban J connectivity index is 0.00000162. The van der Waals surface area contributed by atoms with Crippen LogP contribution in [0.3, 0.4) is 0 Å². The van der Waals surface area contributed by atoms with Crippen LogP contribution in [0.1, 0.15) is 11.6 Å². The van der Waals surface area contributed by atoms with Gasteiger partial charge in [0.05, 0.1) is 6.04 Å². The van der Waals surface area contributed by atoms with Crippen LogP contribution < -0.4 is 5.32 Å². The molecule has 2 rings (SSSR count). The van der Waals surface area contributed by atoms with Crippen molar-refractivity contribution in [2.45, 2.75) is 6.04 Å². The molecule has 110 valence electrons. The van der Waals surface area contributed by atoms with E-state index in [-0.39, 0.29) is 30.6 Å². The average Bonchev–Trinajstić information content (AvgIpc) is 2.35. The zero-order valence-electron chi connectivity index (χ0n) is 10.2. The summed E-state index contributed by atoms with van der Waals surface area (Å²) >= 11 is 3.31. The molecule has 1 aromatic carbocycles. The zero-order chi connectivity index (χ0) is 12.3. The summed E-state index contributed by atoms with van der Waals surface area (Å²) in [7, 11) is 0. The topological polar surface area (TPSA) is 15.3 Å². The summed E-state index contributed by atoms with van der Waals surface area (Å²) in [6.45, 7) is 2.56. The SMILES string of the molecule is Cl.Cl.FC[C@H](c1c(F)cccc1Br)N1CCNCC1. The predicted octanol–water partition coefficient (Wildman–Crippen LogP) is 3.35. The highest BCUT2D eigenvalue weighted by Crippen LogP contribution is 2.30. The standard InChI is InChI=1S/C12H15BrF2N2.2ClH/c13-9-2-1-3-10(15)12(9)11(8-14)17-6-4-16-5-7-17;;/h1-3,11,16H,4-8H2;2*1H/t11-;;/m1../s1. The van der Waals surface area contributed by atoms with Crippen molar-refractivity contribution in [3.63, 3.8) is 0 Å². The first-order chi connectivity index (χ1) is 8.24. The minimum Gasteiger partial charge on any atom is -0.314 e. The van der Waals surface area contributed by atoms with E-state index < -0.39 is 12.7 Å². The highest BCUT2D eigenvalue weighted by molar-refractivity contribution is 9.10. The summed E-state index contributed by atoms with van der Waals surface area (Å²) < 4.78 is 27.7. The number of rotatable bonds is 3. The Morgan fingerprint density at radius 3 is 2.42 bits per heavy atom. The first-order valence-corrected chi connectivity index (χ1v) is 6.48. The first-order valence-electron chi connectivity index (χ1n) is 5.68. The molecule has 1 aromatic rings. The molecule has 1 aliphatic heterocycles. The van der Waals surface area contributed by atoms with Gasteiger partial charge in [-0.25, -0.2) is 8.78 Å². The van der Waals surface area contributed by atoms with Gasteiger partial charge in [-0.15, -0.1) is 24.8 Å². The lowest BCUT2D eigenvalue weighted by Gasteiger charge is -2.34. The molecule has 0 aromatic heterocycles. The molecule has 1 aliphatic rings. The fourth-order valence-electron chi connectivity index (χ4n) is 2.18. The molecule has 0 radical (unpaired) electrons. The molecule has 0 unspecified atom stereocenters. The molecule has 1 atom stereocenters. The number of halogens is 5. The van der Waals surface area contributed by atoms with Crippen LogP contribution in [0.4, 0.5) is 8.78 Å². The van der Waals surface area contributed by atoms with Crippen LogP contribution in [0.15, 0.2) is 22.7 Å². The van der Waals surface area contributed by atoms with Gasteiger partial charge in [-0.05, 0) is 12.1 Å². The van der Waals surface area contributed by atoms with E-state index in [0.29, 0.717) is 10.0 Å². The highest BCUT2D eigenvalue weighted by atomic mass is 79.9. The molecular formula is C12H17BrCl2F2N2. The van der Waals surface area contributed by atoms with Crippen molar-refractivity contribution in [2.24, 2.45) is 0 Å². The molecule has 1 N–H and O–H groups in total. The van der Waals surface area contributed by atoms with Crippen molar-refractivity contribution in [3.05, 3.63) is 34.1 Å². The van der Waals surface area contributed by atoms with E-state index >= 15 is 0 Å². The number of nitrogens with one attached hydrogen (secondary N) is 1. The Hall–Kier alpha value is 0.0600. The van der Waals surface area contributed by atoms with Crippen LogP contribution in [0.2, 0.25) is 0 Å². The number of benzene rings is 1. The monoisotopic (exact) mass is 376 g/mol. The maximum atomic E-state index is 13.8. The molecule has 0 amide bonds. The quantitative estimate of drug-likeness (QED) is 0.868. The van der Waals surface area contributed by atoms with E-state index in [9.17, 15) is 8.78 Å². The van der Waals surface area contributed by atoms with Crippen molar-refractivity contribution in [1.82, 2.24) is 10.2 Å². The first kappa shape index (κ1) is 19.1. The van der Waals surface area contributed by atoms with Gasteiger partial charge in [0.15, 0.2) is 0 Å². The largest absolute Gasteiger partial charge is 0.314 e. The number of hydrogen-bond donors (Lipinski definition) is 1. The third kappa shape index (κ3) is 4.53. The minimum absolute atomic E-state index is 0. The van der Waals surface area contributed by atoms with Crippen LogP contribution >= 0.6 is 40.7 Å². The Kier molecular flexibility index (Phi) is 9.11. The van der Waals surface area contributed by atoms with Gasteiger partial charge in [0.2, 0.25) is 0 Å². The number of hydrogen-bond acceptors (Lipinski definition) is 2.